The van der Waals surface area contributed by atoms with Gasteiger partial charge in [0.2, 0.25) is 10.0 Å². The van der Waals surface area contributed by atoms with E-state index in [4.69, 9.17) is 5.73 Å². The highest BCUT2D eigenvalue weighted by molar-refractivity contribution is 7.89. The van der Waals surface area contributed by atoms with E-state index in [0.29, 0.717) is 11.3 Å². The summed E-state index contributed by atoms with van der Waals surface area (Å²) in [5.41, 5.74) is 5.84. The molecule has 0 unspecified atom stereocenters. The summed E-state index contributed by atoms with van der Waals surface area (Å²) in [5.74, 6) is 0. The van der Waals surface area contributed by atoms with Crippen LogP contribution in [0.3, 0.4) is 0 Å². The summed E-state index contributed by atoms with van der Waals surface area (Å²) in [6.07, 6.45) is 0. The molecule has 94 valence electrons. The third-order valence-corrected chi connectivity index (χ3v) is 4.80. The van der Waals surface area contributed by atoms with Gasteiger partial charge in [-0.05, 0) is 37.6 Å². The van der Waals surface area contributed by atoms with Crippen molar-refractivity contribution in [1.82, 2.24) is 4.31 Å². The van der Waals surface area contributed by atoms with Crippen LogP contribution >= 0.6 is 0 Å². The molecule has 0 amide bonds. The summed E-state index contributed by atoms with van der Waals surface area (Å²) < 4.78 is 25.7. The van der Waals surface area contributed by atoms with Crippen LogP contribution in [0.4, 0.5) is 5.69 Å². The van der Waals surface area contributed by atoms with Gasteiger partial charge in [0.15, 0.2) is 0 Å². The molecule has 1 heterocycles. The standard InChI is InChI=1S/C11H16N2O3S/c1-8-5-9(12)3-4-10(8)17(15,16)13-6-11(2,14)7-13/h3-5,14H,6-7,12H2,1-2H3. The number of nitrogens with zero attached hydrogens (tertiary/aromatic N) is 1. The van der Waals surface area contributed by atoms with Crippen molar-refractivity contribution in [3.05, 3.63) is 23.8 Å². The molecule has 2 rings (SSSR count). The summed E-state index contributed by atoms with van der Waals surface area (Å²) in [6.45, 7) is 3.61. The lowest BCUT2D eigenvalue weighted by Crippen LogP contribution is -2.61. The highest BCUT2D eigenvalue weighted by Crippen LogP contribution is 2.29. The van der Waals surface area contributed by atoms with E-state index in [1.165, 1.54) is 10.4 Å². The van der Waals surface area contributed by atoms with Crippen LogP contribution in [0.2, 0.25) is 0 Å². The zero-order chi connectivity index (χ0) is 12.8. The van der Waals surface area contributed by atoms with E-state index >= 15 is 0 Å². The maximum absolute atomic E-state index is 12.2. The fourth-order valence-corrected chi connectivity index (χ4v) is 3.86. The smallest absolute Gasteiger partial charge is 0.243 e. The summed E-state index contributed by atoms with van der Waals surface area (Å²) in [5, 5.41) is 9.58. The zero-order valence-corrected chi connectivity index (χ0v) is 10.7. The molecule has 1 saturated heterocycles. The molecule has 1 aromatic rings. The minimum atomic E-state index is -3.50. The van der Waals surface area contributed by atoms with Crippen LogP contribution in [0.5, 0.6) is 0 Å². The number of benzene rings is 1. The Kier molecular flexibility index (Phi) is 2.68. The number of hydrogen-bond acceptors (Lipinski definition) is 4. The van der Waals surface area contributed by atoms with Gasteiger partial charge >= 0.3 is 0 Å². The van der Waals surface area contributed by atoms with Gasteiger partial charge in [-0.2, -0.15) is 4.31 Å². The van der Waals surface area contributed by atoms with Crippen LogP contribution in [0.25, 0.3) is 0 Å². The molecule has 0 aromatic heterocycles. The second-order valence-electron chi connectivity index (χ2n) is 4.79. The van der Waals surface area contributed by atoms with Gasteiger partial charge in [-0.3, -0.25) is 0 Å². The Labute approximate surface area is 101 Å². The van der Waals surface area contributed by atoms with Gasteiger partial charge in [0, 0.05) is 18.8 Å². The first-order chi connectivity index (χ1) is 7.72. The predicted octanol–water partition coefficient (Wildman–Crippen LogP) is 0.333. The third kappa shape index (κ3) is 2.15. The molecule has 0 spiro atoms. The minimum absolute atomic E-state index is 0.138. The molecule has 6 heteroatoms. The normalized spacial score (nSPS) is 19.9. The minimum Gasteiger partial charge on any atom is -0.399 e. The molecular formula is C11H16N2O3S. The third-order valence-electron chi connectivity index (χ3n) is 2.85. The average molecular weight is 256 g/mol. The number of aliphatic hydroxyl groups is 1. The quantitative estimate of drug-likeness (QED) is 0.747. The lowest BCUT2D eigenvalue weighted by molar-refractivity contribution is -0.0426. The molecule has 0 radical (unpaired) electrons. The molecule has 1 aromatic carbocycles. The SMILES string of the molecule is Cc1cc(N)ccc1S(=O)(=O)N1CC(C)(O)C1. The van der Waals surface area contributed by atoms with Crippen LogP contribution < -0.4 is 5.73 Å². The van der Waals surface area contributed by atoms with E-state index < -0.39 is 15.6 Å². The van der Waals surface area contributed by atoms with Gasteiger partial charge in [0.05, 0.1) is 10.5 Å². The number of nitrogens with two attached hydrogens (primary N) is 1. The highest BCUT2D eigenvalue weighted by atomic mass is 32.2. The Morgan fingerprint density at radius 1 is 1.41 bits per heavy atom. The molecule has 1 aliphatic heterocycles. The van der Waals surface area contributed by atoms with Gasteiger partial charge < -0.3 is 10.8 Å². The number of β-amino-alcohol motifs (C(OH)–C–C–N with tert-alkyl or cyclic N) is 1. The summed E-state index contributed by atoms with van der Waals surface area (Å²) >= 11 is 0. The lowest BCUT2D eigenvalue weighted by atomic mass is 10.0. The topological polar surface area (TPSA) is 83.6 Å². The van der Waals surface area contributed by atoms with Crippen molar-refractivity contribution >= 4 is 15.7 Å². The Morgan fingerprint density at radius 2 is 2.00 bits per heavy atom. The number of anilines is 1. The Hall–Kier alpha value is -1.11. The first-order valence-corrected chi connectivity index (χ1v) is 6.75. The van der Waals surface area contributed by atoms with Crippen LogP contribution in [0.15, 0.2) is 23.1 Å². The van der Waals surface area contributed by atoms with Crippen LogP contribution in [0.1, 0.15) is 12.5 Å². The van der Waals surface area contributed by atoms with Crippen LogP contribution in [-0.4, -0.2) is 36.5 Å². The van der Waals surface area contributed by atoms with E-state index in [-0.39, 0.29) is 18.0 Å². The molecule has 0 saturated carbocycles. The van der Waals surface area contributed by atoms with Gasteiger partial charge in [-0.1, -0.05) is 0 Å². The zero-order valence-electron chi connectivity index (χ0n) is 9.84. The highest BCUT2D eigenvalue weighted by Gasteiger charge is 2.44. The van der Waals surface area contributed by atoms with Crippen molar-refractivity contribution in [3.8, 4) is 0 Å². The van der Waals surface area contributed by atoms with Gasteiger partial charge in [0.25, 0.3) is 0 Å². The molecule has 3 N–H and O–H groups in total. The van der Waals surface area contributed by atoms with Crippen molar-refractivity contribution in [2.75, 3.05) is 18.8 Å². The fourth-order valence-electron chi connectivity index (χ4n) is 1.98. The lowest BCUT2D eigenvalue weighted by Gasteiger charge is -2.43. The van der Waals surface area contributed by atoms with Crippen molar-refractivity contribution in [3.63, 3.8) is 0 Å². The van der Waals surface area contributed by atoms with Gasteiger partial charge in [-0.25, -0.2) is 8.42 Å². The van der Waals surface area contributed by atoms with Crippen molar-refractivity contribution in [2.45, 2.75) is 24.3 Å². The molecule has 5 nitrogen and oxygen atoms in total. The molecule has 1 aliphatic rings. The fraction of sp³-hybridized carbons (Fsp3) is 0.455. The number of rotatable bonds is 2. The van der Waals surface area contributed by atoms with E-state index in [0.717, 1.165) is 0 Å². The van der Waals surface area contributed by atoms with Gasteiger partial charge in [-0.15, -0.1) is 0 Å². The number of aryl methyl sites for hydroxylation is 1. The molecule has 0 bridgehead atoms. The summed E-state index contributed by atoms with van der Waals surface area (Å²) in [6, 6.07) is 4.70. The van der Waals surface area contributed by atoms with E-state index in [9.17, 15) is 13.5 Å². The number of nitrogen functional groups attached to an aromatic ring is 1. The summed E-state index contributed by atoms with van der Waals surface area (Å²) in [4.78, 5) is 0.252. The van der Waals surface area contributed by atoms with E-state index in [2.05, 4.69) is 0 Å². The van der Waals surface area contributed by atoms with Crippen molar-refractivity contribution < 1.29 is 13.5 Å². The van der Waals surface area contributed by atoms with Crippen molar-refractivity contribution in [1.29, 1.82) is 0 Å². The van der Waals surface area contributed by atoms with Crippen LogP contribution in [0, 0.1) is 6.92 Å². The molecule has 17 heavy (non-hydrogen) atoms. The van der Waals surface area contributed by atoms with Crippen LogP contribution in [-0.2, 0) is 10.0 Å². The largest absolute Gasteiger partial charge is 0.399 e. The first kappa shape index (κ1) is 12.3. The Morgan fingerprint density at radius 3 is 2.47 bits per heavy atom. The first-order valence-electron chi connectivity index (χ1n) is 5.31. The molecular weight excluding hydrogens is 240 g/mol. The maximum Gasteiger partial charge on any atom is 0.243 e. The molecule has 0 atom stereocenters. The van der Waals surface area contributed by atoms with Gasteiger partial charge in [0.1, 0.15) is 0 Å². The predicted molar refractivity (Wildman–Crippen MR) is 65.0 cm³/mol. The summed E-state index contributed by atoms with van der Waals surface area (Å²) in [7, 11) is -3.50. The Balaban J connectivity index is 2.34. The second kappa shape index (κ2) is 3.69. The average Bonchev–Trinajstić information content (AvgIpc) is 2.13. The molecule has 0 aliphatic carbocycles. The van der Waals surface area contributed by atoms with E-state index in [1.807, 2.05) is 0 Å². The van der Waals surface area contributed by atoms with E-state index in [1.54, 1.807) is 26.0 Å². The molecule has 1 fully saturated rings. The van der Waals surface area contributed by atoms with Crippen molar-refractivity contribution in [2.24, 2.45) is 0 Å². The monoisotopic (exact) mass is 256 g/mol. The number of hydrogen-bond donors (Lipinski definition) is 2. The Bertz CT molecular complexity index is 544. The maximum atomic E-state index is 12.2. The second-order valence-corrected chi connectivity index (χ2v) is 6.70. The number of sulfonamides is 1.